The highest BCUT2D eigenvalue weighted by atomic mass is 19.3. The van der Waals surface area contributed by atoms with Crippen molar-refractivity contribution in [3.05, 3.63) is 59.4 Å². The number of H-pyrrole nitrogens is 1. The predicted molar refractivity (Wildman–Crippen MR) is 109 cm³/mol. The van der Waals surface area contributed by atoms with Gasteiger partial charge in [0.1, 0.15) is 0 Å². The first-order valence-electron chi connectivity index (χ1n) is 9.88. The standard InChI is InChI=1S/C22H24F2N4O/c1-14-3-2-10-28(12-14)13-15-4-7-17(8-5-15)25-22(29)16-6-9-18-19(11-16)27-21(26-18)20(23)24/h4-9,11,14,20H,2-3,10,12-13H2,1H3,(H,25,29)(H,26,27). The molecule has 0 saturated carbocycles. The van der Waals surface area contributed by atoms with Crippen LogP contribution >= 0.6 is 0 Å². The number of hydrogen-bond acceptors (Lipinski definition) is 3. The average Bonchev–Trinajstić information content (AvgIpc) is 3.13. The van der Waals surface area contributed by atoms with E-state index in [2.05, 4.69) is 27.1 Å². The van der Waals surface area contributed by atoms with Crippen molar-refractivity contribution in [2.24, 2.45) is 5.92 Å². The van der Waals surface area contributed by atoms with Gasteiger partial charge in [0.15, 0.2) is 5.82 Å². The molecule has 1 saturated heterocycles. The van der Waals surface area contributed by atoms with Crippen LogP contribution in [0, 0.1) is 5.92 Å². The van der Waals surface area contributed by atoms with Crippen molar-refractivity contribution in [3.8, 4) is 0 Å². The number of amides is 1. The molecule has 1 atom stereocenters. The Morgan fingerprint density at radius 3 is 2.79 bits per heavy atom. The quantitative estimate of drug-likeness (QED) is 0.637. The minimum atomic E-state index is -2.67. The molecule has 29 heavy (non-hydrogen) atoms. The van der Waals surface area contributed by atoms with Gasteiger partial charge in [-0.05, 0) is 61.2 Å². The zero-order chi connectivity index (χ0) is 20.4. The molecule has 0 spiro atoms. The van der Waals surface area contributed by atoms with E-state index in [0.717, 1.165) is 25.6 Å². The number of benzene rings is 2. The second-order valence-electron chi connectivity index (χ2n) is 7.79. The maximum atomic E-state index is 12.8. The van der Waals surface area contributed by atoms with Gasteiger partial charge in [-0.3, -0.25) is 9.69 Å². The number of aromatic amines is 1. The van der Waals surface area contributed by atoms with Crippen molar-refractivity contribution >= 4 is 22.6 Å². The molecular formula is C22H24F2N4O. The number of alkyl halides is 2. The molecule has 4 rings (SSSR count). The molecule has 2 aromatic carbocycles. The molecule has 2 N–H and O–H groups in total. The topological polar surface area (TPSA) is 61.0 Å². The summed E-state index contributed by atoms with van der Waals surface area (Å²) in [6.45, 7) is 5.47. The fraction of sp³-hybridized carbons (Fsp3) is 0.364. The highest BCUT2D eigenvalue weighted by Crippen LogP contribution is 2.22. The van der Waals surface area contributed by atoms with Crippen LogP contribution in [0.4, 0.5) is 14.5 Å². The van der Waals surface area contributed by atoms with Gasteiger partial charge in [-0.25, -0.2) is 13.8 Å². The number of nitrogens with one attached hydrogen (secondary N) is 2. The number of imidazole rings is 1. The predicted octanol–water partition coefficient (Wildman–Crippen LogP) is 4.98. The summed E-state index contributed by atoms with van der Waals surface area (Å²) in [5.41, 5.74) is 3.12. The number of rotatable bonds is 5. The number of anilines is 1. The van der Waals surface area contributed by atoms with Crippen molar-refractivity contribution in [1.29, 1.82) is 0 Å². The third-order valence-corrected chi connectivity index (χ3v) is 5.33. The number of carbonyl (C=O) groups excluding carboxylic acids is 1. The van der Waals surface area contributed by atoms with E-state index >= 15 is 0 Å². The van der Waals surface area contributed by atoms with Crippen LogP contribution in [0.5, 0.6) is 0 Å². The van der Waals surface area contributed by atoms with E-state index in [9.17, 15) is 13.6 Å². The van der Waals surface area contributed by atoms with Crippen LogP contribution in [0.15, 0.2) is 42.5 Å². The Labute approximate surface area is 168 Å². The lowest BCUT2D eigenvalue weighted by atomic mass is 10.00. The number of hydrogen-bond donors (Lipinski definition) is 2. The van der Waals surface area contributed by atoms with Crippen LogP contribution in [0.3, 0.4) is 0 Å². The number of carbonyl (C=O) groups is 1. The lowest BCUT2D eigenvalue weighted by Crippen LogP contribution is -2.33. The first kappa shape index (κ1) is 19.5. The van der Waals surface area contributed by atoms with Crippen LogP contribution in [0.1, 0.15) is 47.9 Å². The third-order valence-electron chi connectivity index (χ3n) is 5.33. The highest BCUT2D eigenvalue weighted by molar-refractivity contribution is 6.05. The Morgan fingerprint density at radius 1 is 1.28 bits per heavy atom. The summed E-state index contributed by atoms with van der Waals surface area (Å²) in [4.78, 5) is 21.4. The first-order chi connectivity index (χ1) is 14.0. The number of halogens is 2. The van der Waals surface area contributed by atoms with E-state index < -0.39 is 12.2 Å². The Hall–Kier alpha value is -2.80. The molecule has 0 bridgehead atoms. The summed E-state index contributed by atoms with van der Waals surface area (Å²) in [7, 11) is 0. The molecule has 0 radical (unpaired) electrons. The molecule has 0 aliphatic carbocycles. The number of fused-ring (bicyclic) bond motifs is 1. The minimum Gasteiger partial charge on any atom is -0.337 e. The summed E-state index contributed by atoms with van der Waals surface area (Å²) in [6, 6.07) is 12.5. The zero-order valence-corrected chi connectivity index (χ0v) is 16.3. The van der Waals surface area contributed by atoms with Crippen molar-refractivity contribution in [2.45, 2.75) is 32.7 Å². The molecule has 1 fully saturated rings. The van der Waals surface area contributed by atoms with Crippen molar-refractivity contribution < 1.29 is 13.6 Å². The summed E-state index contributed by atoms with van der Waals surface area (Å²) in [5, 5.41) is 2.86. The van der Waals surface area contributed by atoms with Gasteiger partial charge in [0.2, 0.25) is 0 Å². The second-order valence-corrected chi connectivity index (χ2v) is 7.79. The molecule has 5 nitrogen and oxygen atoms in total. The highest BCUT2D eigenvalue weighted by Gasteiger charge is 2.17. The third kappa shape index (κ3) is 4.62. The average molecular weight is 398 g/mol. The maximum Gasteiger partial charge on any atom is 0.295 e. The molecular weight excluding hydrogens is 374 g/mol. The zero-order valence-electron chi connectivity index (χ0n) is 16.3. The number of nitrogens with zero attached hydrogens (tertiary/aromatic N) is 2. The summed E-state index contributed by atoms with van der Waals surface area (Å²) < 4.78 is 25.6. The Kier molecular flexibility index (Phi) is 5.58. The molecule has 1 aromatic heterocycles. The molecule has 152 valence electrons. The first-order valence-corrected chi connectivity index (χ1v) is 9.88. The van der Waals surface area contributed by atoms with Gasteiger partial charge in [-0.2, -0.15) is 0 Å². The van der Waals surface area contributed by atoms with Gasteiger partial charge < -0.3 is 10.3 Å². The molecule has 1 aliphatic heterocycles. The van der Waals surface area contributed by atoms with E-state index in [0.29, 0.717) is 22.3 Å². The number of aromatic nitrogens is 2. The fourth-order valence-electron chi connectivity index (χ4n) is 3.86. The Bertz CT molecular complexity index is 1000. The minimum absolute atomic E-state index is 0.294. The van der Waals surface area contributed by atoms with E-state index in [4.69, 9.17) is 0 Å². The fourth-order valence-corrected chi connectivity index (χ4v) is 3.86. The van der Waals surface area contributed by atoms with Crippen LogP contribution < -0.4 is 5.32 Å². The van der Waals surface area contributed by atoms with E-state index in [1.54, 1.807) is 12.1 Å². The molecule has 7 heteroatoms. The second kappa shape index (κ2) is 8.29. The van der Waals surface area contributed by atoms with Crippen LogP contribution in [0.2, 0.25) is 0 Å². The largest absolute Gasteiger partial charge is 0.337 e. The van der Waals surface area contributed by atoms with Gasteiger partial charge in [0, 0.05) is 24.3 Å². The van der Waals surface area contributed by atoms with Crippen molar-refractivity contribution in [2.75, 3.05) is 18.4 Å². The molecule has 3 aromatic rings. The van der Waals surface area contributed by atoms with E-state index in [1.807, 2.05) is 24.3 Å². The molecule has 1 aliphatic rings. The monoisotopic (exact) mass is 398 g/mol. The molecule has 2 heterocycles. The lowest BCUT2D eigenvalue weighted by molar-refractivity contribution is 0.102. The summed E-state index contributed by atoms with van der Waals surface area (Å²) in [6.07, 6.45) is -0.129. The SMILES string of the molecule is CC1CCCN(Cc2ccc(NC(=O)c3ccc4nc(C(F)F)[nH]c4c3)cc2)C1. The summed E-state index contributed by atoms with van der Waals surface area (Å²) in [5.74, 6) is 0.0558. The van der Waals surface area contributed by atoms with Crippen molar-refractivity contribution in [3.63, 3.8) is 0 Å². The van der Waals surface area contributed by atoms with Gasteiger partial charge in [0.05, 0.1) is 11.0 Å². The van der Waals surface area contributed by atoms with Gasteiger partial charge in [-0.1, -0.05) is 19.1 Å². The van der Waals surface area contributed by atoms with Crippen LogP contribution in [0.25, 0.3) is 11.0 Å². The van der Waals surface area contributed by atoms with Crippen molar-refractivity contribution in [1.82, 2.24) is 14.9 Å². The van der Waals surface area contributed by atoms with Gasteiger partial charge >= 0.3 is 0 Å². The normalized spacial score (nSPS) is 17.7. The van der Waals surface area contributed by atoms with Crippen LogP contribution in [-0.4, -0.2) is 33.9 Å². The number of piperidine rings is 1. The Morgan fingerprint density at radius 2 is 2.07 bits per heavy atom. The van der Waals surface area contributed by atoms with E-state index in [1.165, 1.54) is 24.5 Å². The lowest BCUT2D eigenvalue weighted by Gasteiger charge is -2.30. The maximum absolute atomic E-state index is 12.8. The molecule has 1 amide bonds. The Balaban J connectivity index is 1.40. The van der Waals surface area contributed by atoms with Gasteiger partial charge in [0.25, 0.3) is 12.3 Å². The van der Waals surface area contributed by atoms with E-state index in [-0.39, 0.29) is 5.91 Å². The molecule has 1 unspecified atom stereocenters. The van der Waals surface area contributed by atoms with Gasteiger partial charge in [-0.15, -0.1) is 0 Å². The smallest absolute Gasteiger partial charge is 0.295 e. The number of likely N-dealkylation sites (tertiary alicyclic amines) is 1. The van der Waals surface area contributed by atoms with Crippen LogP contribution in [-0.2, 0) is 6.54 Å². The summed E-state index contributed by atoms with van der Waals surface area (Å²) >= 11 is 0.